The monoisotopic (exact) mass is 380 g/mol. The summed E-state index contributed by atoms with van der Waals surface area (Å²) in [5.41, 5.74) is 4.45. The Morgan fingerprint density at radius 2 is 1.35 bits per heavy atom. The Hall–Kier alpha value is -2.29. The van der Waals surface area contributed by atoms with E-state index >= 15 is 0 Å². The molecule has 130 valence electrons. The number of benzene rings is 3. The van der Waals surface area contributed by atoms with Gasteiger partial charge in [0.25, 0.3) is 0 Å². The van der Waals surface area contributed by atoms with E-state index in [0.29, 0.717) is 10.0 Å². The molecule has 0 radical (unpaired) electrons. The van der Waals surface area contributed by atoms with E-state index in [1.54, 1.807) is 0 Å². The minimum absolute atomic E-state index is 0.540. The molecule has 2 nitrogen and oxygen atoms in total. The first-order valence-electron chi connectivity index (χ1n) is 8.63. The Bertz CT molecular complexity index is 1020. The number of nitrogens with zero attached hydrogens (tertiary/aromatic N) is 2. The number of imidazole rings is 1. The molecule has 26 heavy (non-hydrogen) atoms. The van der Waals surface area contributed by atoms with Crippen LogP contribution >= 0.6 is 23.2 Å². The summed E-state index contributed by atoms with van der Waals surface area (Å²) < 4.78 is 2.25. The molecule has 0 fully saturated rings. The normalized spacial score (nSPS) is 11.2. The smallest absolute Gasteiger partial charge is 0.110 e. The fourth-order valence-corrected chi connectivity index (χ4v) is 3.52. The van der Waals surface area contributed by atoms with Gasteiger partial charge >= 0.3 is 0 Å². The van der Waals surface area contributed by atoms with Gasteiger partial charge in [0.15, 0.2) is 0 Å². The van der Waals surface area contributed by atoms with Crippen LogP contribution in [0.25, 0.3) is 11.0 Å². The van der Waals surface area contributed by atoms with Gasteiger partial charge in [0.05, 0.1) is 21.1 Å². The maximum Gasteiger partial charge on any atom is 0.110 e. The van der Waals surface area contributed by atoms with Crippen LogP contribution in [-0.2, 0) is 19.4 Å². The topological polar surface area (TPSA) is 17.8 Å². The molecule has 0 aliphatic heterocycles. The van der Waals surface area contributed by atoms with Crippen molar-refractivity contribution < 1.29 is 0 Å². The van der Waals surface area contributed by atoms with Crippen molar-refractivity contribution in [3.05, 3.63) is 99.8 Å². The van der Waals surface area contributed by atoms with Crippen LogP contribution in [0.4, 0.5) is 0 Å². The number of halogens is 2. The quantitative estimate of drug-likeness (QED) is 0.404. The number of hydrogen-bond acceptors (Lipinski definition) is 1. The molecule has 0 saturated heterocycles. The standard InChI is InChI=1S/C22H18Cl2N2/c23-18-13-20-21(14-19(18)24)26(15-17-9-5-2-6-10-17)22(25-20)12-11-16-7-3-1-4-8-16/h1-10,13-14H,11-12,15H2. The van der Waals surface area contributed by atoms with Crippen LogP contribution in [0, 0.1) is 0 Å². The molecule has 4 heteroatoms. The lowest BCUT2D eigenvalue weighted by Gasteiger charge is -2.10. The Kier molecular flexibility index (Phi) is 4.96. The van der Waals surface area contributed by atoms with Crippen molar-refractivity contribution in [3.63, 3.8) is 0 Å². The lowest BCUT2D eigenvalue weighted by atomic mass is 10.1. The van der Waals surface area contributed by atoms with Gasteiger partial charge in [-0.25, -0.2) is 4.98 Å². The van der Waals surface area contributed by atoms with Crippen molar-refractivity contribution in [2.24, 2.45) is 0 Å². The van der Waals surface area contributed by atoms with E-state index in [0.717, 1.165) is 36.2 Å². The molecule has 0 atom stereocenters. The van der Waals surface area contributed by atoms with E-state index in [2.05, 4.69) is 53.1 Å². The molecule has 3 aromatic carbocycles. The van der Waals surface area contributed by atoms with Crippen molar-refractivity contribution in [1.29, 1.82) is 0 Å². The summed E-state index contributed by atoms with van der Waals surface area (Å²) in [6.45, 7) is 0.763. The average molecular weight is 381 g/mol. The molecule has 1 heterocycles. The lowest BCUT2D eigenvalue weighted by Crippen LogP contribution is -2.06. The van der Waals surface area contributed by atoms with Crippen molar-refractivity contribution in [2.75, 3.05) is 0 Å². The van der Waals surface area contributed by atoms with E-state index in [1.807, 2.05) is 24.3 Å². The zero-order chi connectivity index (χ0) is 17.9. The van der Waals surface area contributed by atoms with Crippen LogP contribution < -0.4 is 0 Å². The molecule has 0 aliphatic carbocycles. The van der Waals surface area contributed by atoms with E-state index < -0.39 is 0 Å². The van der Waals surface area contributed by atoms with Crippen LogP contribution in [0.15, 0.2) is 72.8 Å². The summed E-state index contributed by atoms with van der Waals surface area (Å²) in [6, 6.07) is 24.7. The van der Waals surface area contributed by atoms with Crippen molar-refractivity contribution in [1.82, 2.24) is 9.55 Å². The van der Waals surface area contributed by atoms with E-state index in [9.17, 15) is 0 Å². The van der Waals surface area contributed by atoms with Gasteiger partial charge in [-0.15, -0.1) is 0 Å². The van der Waals surface area contributed by atoms with Gasteiger partial charge < -0.3 is 4.57 Å². The fourth-order valence-electron chi connectivity index (χ4n) is 3.20. The number of aryl methyl sites for hydroxylation is 2. The second-order valence-electron chi connectivity index (χ2n) is 6.34. The van der Waals surface area contributed by atoms with Gasteiger partial charge in [0, 0.05) is 13.0 Å². The number of hydrogen-bond donors (Lipinski definition) is 0. The van der Waals surface area contributed by atoms with Crippen molar-refractivity contribution in [2.45, 2.75) is 19.4 Å². The largest absolute Gasteiger partial charge is 0.323 e. The Balaban J connectivity index is 1.73. The number of fused-ring (bicyclic) bond motifs is 1. The zero-order valence-corrected chi connectivity index (χ0v) is 15.7. The van der Waals surface area contributed by atoms with E-state index in [1.165, 1.54) is 11.1 Å². The highest BCUT2D eigenvalue weighted by Gasteiger charge is 2.13. The predicted octanol–water partition coefficient (Wildman–Crippen LogP) is 6.18. The summed E-state index contributed by atoms with van der Waals surface area (Å²) in [4.78, 5) is 4.85. The van der Waals surface area contributed by atoms with E-state index in [-0.39, 0.29) is 0 Å². The predicted molar refractivity (Wildman–Crippen MR) is 109 cm³/mol. The second-order valence-corrected chi connectivity index (χ2v) is 7.15. The average Bonchev–Trinajstić information content (AvgIpc) is 2.99. The zero-order valence-electron chi connectivity index (χ0n) is 14.2. The van der Waals surface area contributed by atoms with Gasteiger partial charge in [-0.1, -0.05) is 83.9 Å². The van der Waals surface area contributed by atoms with E-state index in [4.69, 9.17) is 28.2 Å². The molecule has 0 unspecified atom stereocenters. The molecule has 0 bridgehead atoms. The highest BCUT2D eigenvalue weighted by atomic mass is 35.5. The third-order valence-corrected chi connectivity index (χ3v) is 5.26. The molecule has 0 spiro atoms. The minimum Gasteiger partial charge on any atom is -0.323 e. The third kappa shape index (κ3) is 3.62. The molecule has 4 aromatic rings. The maximum absolute atomic E-state index is 6.27. The first-order valence-corrected chi connectivity index (χ1v) is 9.38. The van der Waals surface area contributed by atoms with Crippen LogP contribution in [-0.4, -0.2) is 9.55 Å². The Morgan fingerprint density at radius 1 is 0.731 bits per heavy atom. The van der Waals surface area contributed by atoms with Gasteiger partial charge in [0.2, 0.25) is 0 Å². The Morgan fingerprint density at radius 3 is 2.04 bits per heavy atom. The summed E-state index contributed by atoms with van der Waals surface area (Å²) in [6.07, 6.45) is 1.81. The third-order valence-electron chi connectivity index (χ3n) is 4.53. The number of rotatable bonds is 5. The SMILES string of the molecule is Clc1cc2nc(CCc3ccccc3)n(Cc3ccccc3)c2cc1Cl. The van der Waals surface area contributed by atoms with Crippen LogP contribution in [0.5, 0.6) is 0 Å². The summed E-state index contributed by atoms with van der Waals surface area (Å²) in [5, 5.41) is 1.10. The van der Waals surface area contributed by atoms with Crippen molar-refractivity contribution >= 4 is 34.2 Å². The lowest BCUT2D eigenvalue weighted by molar-refractivity contribution is 0.730. The minimum atomic E-state index is 0.540. The number of aromatic nitrogens is 2. The van der Waals surface area contributed by atoms with Gasteiger partial charge in [-0.3, -0.25) is 0 Å². The molecule has 0 aliphatic rings. The highest BCUT2D eigenvalue weighted by molar-refractivity contribution is 6.42. The molecule has 1 aromatic heterocycles. The molecule has 0 saturated carbocycles. The summed E-state index contributed by atoms with van der Waals surface area (Å²) in [7, 11) is 0. The van der Waals surface area contributed by atoms with Crippen LogP contribution in [0.1, 0.15) is 17.0 Å². The molecule has 0 N–H and O–H groups in total. The maximum atomic E-state index is 6.27. The van der Waals surface area contributed by atoms with Crippen molar-refractivity contribution in [3.8, 4) is 0 Å². The molecular formula is C22H18Cl2N2. The molecular weight excluding hydrogens is 363 g/mol. The second kappa shape index (κ2) is 7.53. The van der Waals surface area contributed by atoms with Crippen LogP contribution in [0.3, 0.4) is 0 Å². The van der Waals surface area contributed by atoms with Gasteiger partial charge in [-0.05, 0) is 29.7 Å². The Labute approximate surface area is 163 Å². The molecule has 0 amide bonds. The first kappa shape index (κ1) is 17.1. The summed E-state index contributed by atoms with van der Waals surface area (Å²) in [5.74, 6) is 1.05. The van der Waals surface area contributed by atoms with Gasteiger partial charge in [0.1, 0.15) is 5.82 Å². The fraction of sp³-hybridized carbons (Fsp3) is 0.136. The molecule has 4 rings (SSSR count). The first-order chi connectivity index (χ1) is 12.7. The van der Waals surface area contributed by atoms with Crippen LogP contribution in [0.2, 0.25) is 10.0 Å². The highest BCUT2D eigenvalue weighted by Crippen LogP contribution is 2.29. The summed E-state index contributed by atoms with van der Waals surface area (Å²) >= 11 is 12.5. The van der Waals surface area contributed by atoms with Gasteiger partial charge in [-0.2, -0.15) is 0 Å².